The number of fused-ring (bicyclic) bond motifs is 1. The van der Waals surface area contributed by atoms with Gasteiger partial charge in [-0.05, 0) is 36.9 Å². The second kappa shape index (κ2) is 8.32. The molecule has 27 heavy (non-hydrogen) atoms. The second-order valence-electron chi connectivity index (χ2n) is 6.39. The highest BCUT2D eigenvalue weighted by Gasteiger charge is 2.40. The fourth-order valence-corrected chi connectivity index (χ4v) is 4.71. The number of nitrogens with one attached hydrogen (secondary N) is 1. The van der Waals surface area contributed by atoms with E-state index in [4.69, 9.17) is 5.53 Å². The number of carbonyl (C=O) groups is 3. The fraction of sp³-hybridized carbons (Fsp3) is 0.471. The molecule has 2 atom stereocenters. The van der Waals surface area contributed by atoms with Gasteiger partial charge in [0.25, 0.3) is 5.91 Å². The summed E-state index contributed by atoms with van der Waals surface area (Å²) < 4.78 is 12.7. The molecule has 0 radical (unpaired) electrons. The van der Waals surface area contributed by atoms with E-state index in [0.29, 0.717) is 47.6 Å². The van der Waals surface area contributed by atoms with Crippen molar-refractivity contribution in [3.8, 4) is 0 Å². The van der Waals surface area contributed by atoms with Crippen molar-refractivity contribution in [1.82, 2.24) is 10.2 Å². The summed E-state index contributed by atoms with van der Waals surface area (Å²) in [5.74, 6) is -0.665. The minimum Gasteiger partial charge on any atom is -0.322 e. The van der Waals surface area contributed by atoms with E-state index in [1.165, 1.54) is 4.90 Å². The molecule has 3 amide bonds. The zero-order chi connectivity index (χ0) is 19.4. The molecule has 0 aliphatic carbocycles. The van der Waals surface area contributed by atoms with Crippen LogP contribution in [0.2, 0.25) is 0 Å². The van der Waals surface area contributed by atoms with Gasteiger partial charge in [-0.25, -0.2) is 0 Å². The number of nitrogens with zero attached hydrogens (tertiary/aromatic N) is 4. The van der Waals surface area contributed by atoms with Gasteiger partial charge >= 0.3 is 0 Å². The average molecular weight is 389 g/mol. The molecule has 3 rings (SSSR count). The van der Waals surface area contributed by atoms with Crippen molar-refractivity contribution in [2.45, 2.75) is 43.2 Å². The van der Waals surface area contributed by atoms with E-state index in [1.54, 1.807) is 18.2 Å². The molecular formula is C17H19N5O4S. The van der Waals surface area contributed by atoms with Gasteiger partial charge in [0.2, 0.25) is 11.8 Å². The number of azide groups is 1. The molecule has 0 spiro atoms. The summed E-state index contributed by atoms with van der Waals surface area (Å²) in [6.45, 7) is 0.573. The Balaban J connectivity index is 1.73. The third-order valence-corrected chi connectivity index (χ3v) is 6.22. The van der Waals surface area contributed by atoms with Gasteiger partial charge in [0.15, 0.2) is 0 Å². The van der Waals surface area contributed by atoms with Crippen LogP contribution in [0.4, 0.5) is 0 Å². The number of imide groups is 1. The van der Waals surface area contributed by atoms with Crippen molar-refractivity contribution >= 4 is 28.5 Å². The highest BCUT2D eigenvalue weighted by molar-refractivity contribution is 7.85. The van der Waals surface area contributed by atoms with Crippen molar-refractivity contribution in [2.24, 2.45) is 5.11 Å². The van der Waals surface area contributed by atoms with Crippen molar-refractivity contribution in [1.29, 1.82) is 0 Å². The molecule has 142 valence electrons. The Kier molecular flexibility index (Phi) is 5.88. The highest BCUT2D eigenvalue weighted by Crippen LogP contribution is 2.31. The van der Waals surface area contributed by atoms with Crippen LogP contribution in [0.5, 0.6) is 0 Å². The van der Waals surface area contributed by atoms with Crippen molar-refractivity contribution in [3.05, 3.63) is 39.8 Å². The monoisotopic (exact) mass is 389 g/mol. The first kappa shape index (κ1) is 19.1. The van der Waals surface area contributed by atoms with E-state index in [9.17, 15) is 18.6 Å². The summed E-state index contributed by atoms with van der Waals surface area (Å²) in [5, 5.41) is 5.72. The lowest BCUT2D eigenvalue weighted by Crippen LogP contribution is -2.52. The van der Waals surface area contributed by atoms with E-state index < -0.39 is 22.7 Å². The summed E-state index contributed by atoms with van der Waals surface area (Å²) in [6.07, 6.45) is 1.77. The van der Waals surface area contributed by atoms with Crippen LogP contribution < -0.4 is 5.32 Å². The van der Waals surface area contributed by atoms with Crippen molar-refractivity contribution in [3.63, 3.8) is 0 Å². The van der Waals surface area contributed by atoms with Crippen LogP contribution in [0.1, 0.15) is 41.6 Å². The van der Waals surface area contributed by atoms with Crippen LogP contribution in [-0.2, 0) is 26.9 Å². The van der Waals surface area contributed by atoms with Crippen LogP contribution in [0.15, 0.2) is 28.2 Å². The quantitative estimate of drug-likeness (QED) is 0.249. The predicted octanol–water partition coefficient (Wildman–Crippen LogP) is 1.65. The van der Waals surface area contributed by atoms with Gasteiger partial charge in [-0.1, -0.05) is 11.2 Å². The van der Waals surface area contributed by atoms with E-state index in [1.807, 2.05) is 0 Å². The van der Waals surface area contributed by atoms with Gasteiger partial charge in [0, 0.05) is 46.2 Å². The van der Waals surface area contributed by atoms with Crippen molar-refractivity contribution in [2.75, 3.05) is 12.3 Å². The number of hydrogen-bond acceptors (Lipinski definition) is 5. The number of hydrogen-bond donors (Lipinski definition) is 1. The second-order valence-corrected chi connectivity index (χ2v) is 7.93. The molecule has 0 saturated carbocycles. The smallest absolute Gasteiger partial charge is 0.255 e. The van der Waals surface area contributed by atoms with Crippen LogP contribution in [0.25, 0.3) is 10.4 Å². The molecule has 0 bridgehead atoms. The standard InChI is InChI=1S/C17H19N5O4S/c18-21-19-8-1-2-9-27(26)14-5-3-4-11-12(14)10-22(17(11)25)13-6-7-15(23)20-16(13)24/h3-5,13H,1-2,6-10H2,(H,20,23,24). The van der Waals surface area contributed by atoms with Crippen LogP contribution in [-0.4, -0.2) is 45.2 Å². The number of piperidine rings is 1. The minimum atomic E-state index is -1.29. The summed E-state index contributed by atoms with van der Waals surface area (Å²) >= 11 is 0. The minimum absolute atomic E-state index is 0.195. The zero-order valence-electron chi connectivity index (χ0n) is 14.6. The number of carbonyl (C=O) groups excluding carboxylic acids is 3. The summed E-state index contributed by atoms with van der Waals surface area (Å²) in [5.41, 5.74) is 9.40. The third-order valence-electron chi connectivity index (χ3n) is 4.69. The SMILES string of the molecule is [N-]=[N+]=NCCCCS(=O)c1cccc2c1CN(C1CCC(=O)NC1=O)C2=O. The fourth-order valence-electron chi connectivity index (χ4n) is 3.34. The lowest BCUT2D eigenvalue weighted by Gasteiger charge is -2.29. The predicted molar refractivity (Wildman–Crippen MR) is 97.0 cm³/mol. The Morgan fingerprint density at radius 2 is 2.11 bits per heavy atom. The summed E-state index contributed by atoms with van der Waals surface area (Å²) in [6, 6.07) is 4.42. The van der Waals surface area contributed by atoms with Crippen LogP contribution in [0.3, 0.4) is 0 Å². The molecule has 1 saturated heterocycles. The van der Waals surface area contributed by atoms with Crippen molar-refractivity contribution < 1.29 is 18.6 Å². The molecule has 1 aromatic rings. The summed E-state index contributed by atoms with van der Waals surface area (Å²) in [7, 11) is -1.29. The molecule has 0 aromatic heterocycles. The number of rotatable bonds is 7. The highest BCUT2D eigenvalue weighted by atomic mass is 32.2. The van der Waals surface area contributed by atoms with Crippen LogP contribution >= 0.6 is 0 Å². The molecule has 2 unspecified atom stereocenters. The average Bonchev–Trinajstić information content (AvgIpc) is 2.98. The Hall–Kier alpha value is -2.71. The van der Waals surface area contributed by atoms with Gasteiger partial charge in [-0.2, -0.15) is 0 Å². The molecule has 2 heterocycles. The van der Waals surface area contributed by atoms with E-state index in [0.717, 1.165) is 0 Å². The van der Waals surface area contributed by atoms with Gasteiger partial charge in [-0.15, -0.1) is 0 Å². The van der Waals surface area contributed by atoms with Gasteiger partial charge < -0.3 is 4.90 Å². The Morgan fingerprint density at radius 3 is 2.85 bits per heavy atom. The molecule has 1 N–H and O–H groups in total. The number of unbranched alkanes of at least 4 members (excludes halogenated alkanes) is 1. The lowest BCUT2D eigenvalue weighted by molar-refractivity contribution is -0.136. The first-order chi connectivity index (χ1) is 13.0. The third kappa shape index (κ3) is 4.01. The first-order valence-electron chi connectivity index (χ1n) is 8.68. The van der Waals surface area contributed by atoms with E-state index in [2.05, 4.69) is 15.3 Å². The lowest BCUT2D eigenvalue weighted by atomic mass is 10.0. The normalized spacial score (nSPS) is 20.1. The van der Waals surface area contributed by atoms with E-state index in [-0.39, 0.29) is 24.8 Å². The molecule has 2 aliphatic heterocycles. The maximum absolute atomic E-state index is 12.7. The molecule has 1 aromatic carbocycles. The Bertz CT molecular complexity index is 865. The van der Waals surface area contributed by atoms with E-state index >= 15 is 0 Å². The van der Waals surface area contributed by atoms with Gasteiger partial charge in [0.1, 0.15) is 6.04 Å². The Labute approximate surface area is 158 Å². The largest absolute Gasteiger partial charge is 0.322 e. The molecule has 1 fully saturated rings. The molecule has 10 heteroatoms. The van der Waals surface area contributed by atoms with Gasteiger partial charge in [0.05, 0.1) is 10.8 Å². The van der Waals surface area contributed by atoms with Crippen LogP contribution in [0, 0.1) is 0 Å². The topological polar surface area (TPSA) is 132 Å². The molecule has 2 aliphatic rings. The summed E-state index contributed by atoms with van der Waals surface area (Å²) in [4.78, 5) is 40.9. The zero-order valence-corrected chi connectivity index (χ0v) is 15.4. The Morgan fingerprint density at radius 1 is 1.30 bits per heavy atom. The number of amides is 3. The van der Waals surface area contributed by atoms with Gasteiger partial charge in [-0.3, -0.25) is 23.9 Å². The molecule has 9 nitrogen and oxygen atoms in total. The maximum atomic E-state index is 12.7. The molecular weight excluding hydrogens is 370 g/mol. The number of benzene rings is 1. The first-order valence-corrected chi connectivity index (χ1v) is 10.0. The maximum Gasteiger partial charge on any atom is 0.255 e.